The van der Waals surface area contributed by atoms with Gasteiger partial charge >= 0.3 is 0 Å². The Hall–Kier alpha value is -2.80. The first kappa shape index (κ1) is 16.7. The number of aromatic nitrogens is 4. The molecule has 4 aromatic rings. The first-order valence-electron chi connectivity index (χ1n) is 8.35. The lowest BCUT2D eigenvalue weighted by molar-refractivity contribution is 0.340. The van der Waals surface area contributed by atoms with Crippen LogP contribution in [0, 0.1) is 6.92 Å². The zero-order chi connectivity index (χ0) is 17.9. The molecule has 0 spiro atoms. The third kappa shape index (κ3) is 3.43. The molecule has 0 saturated carbocycles. The average Bonchev–Trinajstić information content (AvgIpc) is 3.28. The number of benzene rings is 1. The maximum atomic E-state index is 5.75. The van der Waals surface area contributed by atoms with E-state index in [0.717, 1.165) is 28.2 Å². The van der Waals surface area contributed by atoms with E-state index in [-0.39, 0.29) is 0 Å². The van der Waals surface area contributed by atoms with Gasteiger partial charge in [-0.15, -0.1) is 10.2 Å². The summed E-state index contributed by atoms with van der Waals surface area (Å²) in [5, 5.41) is 8.78. The van der Waals surface area contributed by atoms with Crippen molar-refractivity contribution in [2.75, 3.05) is 6.61 Å². The van der Waals surface area contributed by atoms with Gasteiger partial charge in [-0.2, -0.15) is 0 Å². The summed E-state index contributed by atoms with van der Waals surface area (Å²) >= 11 is 1.48. The number of pyridine rings is 1. The summed E-state index contributed by atoms with van der Waals surface area (Å²) in [7, 11) is 0. The number of rotatable bonds is 6. The van der Waals surface area contributed by atoms with E-state index in [1.54, 1.807) is 0 Å². The normalized spacial score (nSPS) is 11.2. The van der Waals surface area contributed by atoms with Crippen LogP contribution >= 0.6 is 11.8 Å². The molecule has 4 rings (SSSR count). The molecule has 0 fully saturated rings. The number of aryl methyl sites for hydroxylation is 1. The molecule has 1 aromatic carbocycles. The van der Waals surface area contributed by atoms with Crippen LogP contribution in [0.15, 0.2) is 58.4 Å². The molecule has 6 nitrogen and oxygen atoms in total. The Kier molecular flexibility index (Phi) is 4.62. The Bertz CT molecular complexity index is 1020. The van der Waals surface area contributed by atoms with Crippen molar-refractivity contribution in [2.45, 2.75) is 24.8 Å². The van der Waals surface area contributed by atoms with Crippen molar-refractivity contribution in [2.24, 2.45) is 0 Å². The highest BCUT2D eigenvalue weighted by Gasteiger charge is 2.11. The molecule has 0 saturated heterocycles. The minimum Gasteiger partial charge on any atom is -0.494 e. The number of ether oxygens (including phenoxy) is 1. The largest absolute Gasteiger partial charge is 0.494 e. The van der Waals surface area contributed by atoms with E-state index in [2.05, 4.69) is 28.2 Å². The number of nitrogens with zero attached hydrogens (tertiary/aromatic N) is 4. The molecule has 0 amide bonds. The first-order valence-corrected chi connectivity index (χ1v) is 9.34. The van der Waals surface area contributed by atoms with Crippen molar-refractivity contribution in [1.82, 2.24) is 19.6 Å². The fourth-order valence-corrected chi connectivity index (χ4v) is 3.30. The van der Waals surface area contributed by atoms with Crippen LogP contribution in [0.1, 0.15) is 18.2 Å². The van der Waals surface area contributed by atoms with E-state index in [1.165, 1.54) is 11.8 Å². The van der Waals surface area contributed by atoms with Crippen molar-refractivity contribution < 1.29 is 9.15 Å². The molecule has 0 N–H and O–H groups in total. The quantitative estimate of drug-likeness (QED) is 0.472. The van der Waals surface area contributed by atoms with Gasteiger partial charge in [0.1, 0.15) is 11.4 Å². The van der Waals surface area contributed by atoms with Gasteiger partial charge < -0.3 is 13.6 Å². The minimum absolute atomic E-state index is 0.501. The number of fused-ring (bicyclic) bond motifs is 1. The van der Waals surface area contributed by atoms with Gasteiger partial charge in [-0.25, -0.2) is 4.98 Å². The highest BCUT2D eigenvalue weighted by molar-refractivity contribution is 7.98. The molecule has 0 aliphatic heterocycles. The van der Waals surface area contributed by atoms with Gasteiger partial charge in [0.05, 0.1) is 12.3 Å². The SMILES string of the molecule is CCOc1ccc(-c2nnc(SCc3cn4cccc(C)c4n3)o2)cc1. The molecule has 0 aliphatic rings. The standard InChI is InChI=1S/C19H18N4O2S/c1-3-24-16-8-6-14(7-9-16)18-21-22-19(25-18)26-12-15-11-23-10-4-5-13(2)17(23)20-15/h4-11H,3,12H2,1-2H3. The Morgan fingerprint density at radius 2 is 2.00 bits per heavy atom. The monoisotopic (exact) mass is 366 g/mol. The molecule has 3 heterocycles. The second-order valence-corrected chi connectivity index (χ2v) is 6.70. The Morgan fingerprint density at radius 3 is 2.77 bits per heavy atom. The van der Waals surface area contributed by atoms with Crippen LogP contribution in [0.3, 0.4) is 0 Å². The van der Waals surface area contributed by atoms with Crippen molar-refractivity contribution >= 4 is 17.4 Å². The predicted octanol–water partition coefficient (Wildman–Crippen LogP) is 4.38. The Labute approximate surface area is 155 Å². The fraction of sp³-hybridized carbons (Fsp3) is 0.211. The number of imidazole rings is 1. The molecule has 26 heavy (non-hydrogen) atoms. The Balaban J connectivity index is 1.45. The van der Waals surface area contributed by atoms with Gasteiger partial charge in [0.25, 0.3) is 5.22 Å². The van der Waals surface area contributed by atoms with E-state index in [1.807, 2.05) is 54.0 Å². The summed E-state index contributed by atoms with van der Waals surface area (Å²) in [5.41, 5.74) is 3.98. The molecule has 0 bridgehead atoms. The number of hydrogen-bond donors (Lipinski definition) is 0. The van der Waals surface area contributed by atoms with E-state index >= 15 is 0 Å². The highest BCUT2D eigenvalue weighted by atomic mass is 32.2. The Morgan fingerprint density at radius 1 is 1.15 bits per heavy atom. The van der Waals surface area contributed by atoms with E-state index in [9.17, 15) is 0 Å². The third-order valence-electron chi connectivity index (χ3n) is 3.89. The third-order valence-corrected chi connectivity index (χ3v) is 4.74. The average molecular weight is 366 g/mol. The summed E-state index contributed by atoms with van der Waals surface area (Å²) in [4.78, 5) is 4.66. The molecule has 0 atom stereocenters. The first-order chi connectivity index (χ1) is 12.7. The van der Waals surface area contributed by atoms with Gasteiger partial charge in [-0.1, -0.05) is 17.8 Å². The molecular formula is C19H18N4O2S. The van der Waals surface area contributed by atoms with E-state index in [0.29, 0.717) is 23.5 Å². The summed E-state index contributed by atoms with van der Waals surface area (Å²) in [5.74, 6) is 2.00. The van der Waals surface area contributed by atoms with Gasteiger partial charge in [-0.05, 0) is 49.7 Å². The fourth-order valence-electron chi connectivity index (χ4n) is 2.65. The van der Waals surface area contributed by atoms with Gasteiger partial charge in [0.2, 0.25) is 5.89 Å². The van der Waals surface area contributed by atoms with Crippen LogP contribution in [-0.2, 0) is 5.75 Å². The van der Waals surface area contributed by atoms with Crippen molar-refractivity contribution in [3.8, 4) is 17.2 Å². The van der Waals surface area contributed by atoms with Gasteiger partial charge in [-0.3, -0.25) is 0 Å². The zero-order valence-corrected chi connectivity index (χ0v) is 15.4. The highest BCUT2D eigenvalue weighted by Crippen LogP contribution is 2.27. The van der Waals surface area contributed by atoms with Crippen molar-refractivity contribution in [3.63, 3.8) is 0 Å². The van der Waals surface area contributed by atoms with Gasteiger partial charge in [0.15, 0.2) is 0 Å². The molecular weight excluding hydrogens is 348 g/mol. The van der Waals surface area contributed by atoms with Crippen LogP contribution in [0.4, 0.5) is 0 Å². The molecule has 0 radical (unpaired) electrons. The van der Waals surface area contributed by atoms with Crippen LogP contribution in [0.2, 0.25) is 0 Å². The predicted molar refractivity (Wildman–Crippen MR) is 100 cm³/mol. The summed E-state index contributed by atoms with van der Waals surface area (Å²) in [6, 6.07) is 11.7. The van der Waals surface area contributed by atoms with Crippen LogP contribution in [0.25, 0.3) is 17.1 Å². The van der Waals surface area contributed by atoms with Crippen molar-refractivity contribution in [3.05, 3.63) is 60.0 Å². The smallest absolute Gasteiger partial charge is 0.277 e. The second kappa shape index (κ2) is 7.21. The molecule has 132 valence electrons. The summed E-state index contributed by atoms with van der Waals surface area (Å²) in [6.45, 7) is 4.66. The molecule has 3 aromatic heterocycles. The summed E-state index contributed by atoms with van der Waals surface area (Å²) < 4.78 is 13.2. The van der Waals surface area contributed by atoms with Crippen LogP contribution < -0.4 is 4.74 Å². The molecule has 7 heteroatoms. The summed E-state index contributed by atoms with van der Waals surface area (Å²) in [6.07, 6.45) is 4.03. The van der Waals surface area contributed by atoms with E-state index < -0.39 is 0 Å². The van der Waals surface area contributed by atoms with Crippen molar-refractivity contribution in [1.29, 1.82) is 0 Å². The van der Waals surface area contributed by atoms with Crippen LogP contribution in [-0.4, -0.2) is 26.2 Å². The maximum absolute atomic E-state index is 5.75. The lowest BCUT2D eigenvalue weighted by Gasteiger charge is -2.02. The second-order valence-electron chi connectivity index (χ2n) is 5.77. The van der Waals surface area contributed by atoms with Crippen LogP contribution in [0.5, 0.6) is 5.75 Å². The molecule has 0 aliphatic carbocycles. The topological polar surface area (TPSA) is 65.5 Å². The van der Waals surface area contributed by atoms with Gasteiger partial charge in [0, 0.05) is 23.7 Å². The van der Waals surface area contributed by atoms with E-state index in [4.69, 9.17) is 9.15 Å². The molecule has 0 unspecified atom stereocenters. The zero-order valence-electron chi connectivity index (χ0n) is 14.5. The maximum Gasteiger partial charge on any atom is 0.277 e. The lowest BCUT2D eigenvalue weighted by atomic mass is 10.2. The number of hydrogen-bond acceptors (Lipinski definition) is 6. The minimum atomic E-state index is 0.501. The number of thioether (sulfide) groups is 1. The lowest BCUT2D eigenvalue weighted by Crippen LogP contribution is -1.90.